The van der Waals surface area contributed by atoms with Crippen molar-refractivity contribution < 1.29 is 4.74 Å². The van der Waals surface area contributed by atoms with Gasteiger partial charge in [-0.15, -0.1) is 0 Å². The molecule has 3 nitrogen and oxygen atoms in total. The fourth-order valence-corrected chi connectivity index (χ4v) is 2.54. The van der Waals surface area contributed by atoms with Gasteiger partial charge in [0, 0.05) is 32.2 Å². The van der Waals surface area contributed by atoms with Gasteiger partial charge in [0.25, 0.3) is 0 Å². The minimum absolute atomic E-state index is 0.404. The van der Waals surface area contributed by atoms with Crippen LogP contribution < -0.4 is 5.32 Å². The summed E-state index contributed by atoms with van der Waals surface area (Å²) in [5.41, 5.74) is 0.416. The van der Waals surface area contributed by atoms with Crippen molar-refractivity contribution in [2.75, 3.05) is 32.8 Å². The summed E-state index contributed by atoms with van der Waals surface area (Å²) in [6, 6.07) is 0.824. The zero-order valence-corrected chi connectivity index (χ0v) is 11.7. The summed E-state index contributed by atoms with van der Waals surface area (Å²) in [5.74, 6) is 0. The molecule has 0 bridgehead atoms. The van der Waals surface area contributed by atoms with Gasteiger partial charge < -0.3 is 10.1 Å². The number of nitrogens with one attached hydrogen (secondary N) is 1. The summed E-state index contributed by atoms with van der Waals surface area (Å²) in [5, 5.41) is 3.69. The van der Waals surface area contributed by atoms with E-state index in [-0.39, 0.29) is 0 Å². The summed E-state index contributed by atoms with van der Waals surface area (Å²) in [6.07, 6.45) is 4.42. The van der Waals surface area contributed by atoms with E-state index in [1.165, 1.54) is 32.4 Å². The first-order valence-electron chi connectivity index (χ1n) is 7.19. The summed E-state index contributed by atoms with van der Waals surface area (Å²) >= 11 is 0. The standard InChI is InChI=1S/C14H28N2O/c1-4-14(3,10-15-13-5-6-13)11-16-7-8-17-12(2)9-16/h12-13,15H,4-11H2,1-3H3. The molecule has 1 N–H and O–H groups in total. The molecule has 3 heteroatoms. The van der Waals surface area contributed by atoms with Crippen LogP contribution in [0.25, 0.3) is 0 Å². The molecule has 2 atom stereocenters. The van der Waals surface area contributed by atoms with E-state index in [0.29, 0.717) is 11.5 Å². The van der Waals surface area contributed by atoms with E-state index in [2.05, 4.69) is 31.0 Å². The summed E-state index contributed by atoms with van der Waals surface area (Å²) < 4.78 is 5.61. The maximum atomic E-state index is 5.61. The maximum Gasteiger partial charge on any atom is 0.0674 e. The van der Waals surface area contributed by atoms with Crippen LogP contribution in [-0.4, -0.2) is 49.8 Å². The third kappa shape index (κ3) is 4.23. The quantitative estimate of drug-likeness (QED) is 0.767. The molecule has 2 unspecified atom stereocenters. The van der Waals surface area contributed by atoms with Crippen LogP contribution in [-0.2, 0) is 4.74 Å². The normalized spacial score (nSPS) is 30.2. The summed E-state index contributed by atoms with van der Waals surface area (Å²) in [7, 11) is 0. The molecular formula is C14H28N2O. The topological polar surface area (TPSA) is 24.5 Å². The van der Waals surface area contributed by atoms with Gasteiger partial charge in [-0.25, -0.2) is 0 Å². The summed E-state index contributed by atoms with van der Waals surface area (Å²) in [6.45, 7) is 12.4. The van der Waals surface area contributed by atoms with Gasteiger partial charge in [-0.2, -0.15) is 0 Å². The second-order valence-corrected chi connectivity index (χ2v) is 6.24. The van der Waals surface area contributed by atoms with Crippen LogP contribution in [0.1, 0.15) is 40.0 Å². The van der Waals surface area contributed by atoms with Gasteiger partial charge in [0.15, 0.2) is 0 Å². The highest BCUT2D eigenvalue weighted by atomic mass is 16.5. The Bertz CT molecular complexity index is 242. The molecule has 1 saturated heterocycles. The number of ether oxygens (including phenoxy) is 1. The average molecular weight is 240 g/mol. The van der Waals surface area contributed by atoms with E-state index in [1.807, 2.05) is 0 Å². The van der Waals surface area contributed by atoms with Gasteiger partial charge in [-0.1, -0.05) is 13.8 Å². The smallest absolute Gasteiger partial charge is 0.0674 e. The predicted molar refractivity (Wildman–Crippen MR) is 71.3 cm³/mol. The molecule has 1 aliphatic heterocycles. The van der Waals surface area contributed by atoms with Gasteiger partial charge in [0.1, 0.15) is 0 Å². The van der Waals surface area contributed by atoms with Crippen LogP contribution in [0.5, 0.6) is 0 Å². The molecule has 0 radical (unpaired) electrons. The lowest BCUT2D eigenvalue weighted by molar-refractivity contribution is -0.0310. The largest absolute Gasteiger partial charge is 0.376 e. The highest BCUT2D eigenvalue weighted by molar-refractivity contribution is 4.87. The second kappa shape index (κ2) is 5.68. The zero-order chi connectivity index (χ0) is 12.3. The lowest BCUT2D eigenvalue weighted by Crippen LogP contribution is -2.48. The van der Waals surface area contributed by atoms with Crippen LogP contribution in [0.3, 0.4) is 0 Å². The fourth-order valence-electron chi connectivity index (χ4n) is 2.54. The van der Waals surface area contributed by atoms with Crippen LogP contribution in [0, 0.1) is 5.41 Å². The molecule has 0 spiro atoms. The molecular weight excluding hydrogens is 212 g/mol. The van der Waals surface area contributed by atoms with Crippen LogP contribution in [0.4, 0.5) is 0 Å². The van der Waals surface area contributed by atoms with Crippen molar-refractivity contribution in [3.63, 3.8) is 0 Å². The average Bonchev–Trinajstić information content (AvgIpc) is 3.10. The monoisotopic (exact) mass is 240 g/mol. The third-order valence-corrected chi connectivity index (χ3v) is 4.18. The Morgan fingerprint density at radius 3 is 2.76 bits per heavy atom. The molecule has 2 fully saturated rings. The number of hydrogen-bond donors (Lipinski definition) is 1. The van der Waals surface area contributed by atoms with E-state index < -0.39 is 0 Å². The van der Waals surface area contributed by atoms with E-state index >= 15 is 0 Å². The van der Waals surface area contributed by atoms with E-state index in [4.69, 9.17) is 4.74 Å². The van der Waals surface area contributed by atoms with Crippen molar-refractivity contribution in [3.8, 4) is 0 Å². The predicted octanol–water partition coefficient (Wildman–Crippen LogP) is 1.88. The number of rotatable bonds is 6. The Hall–Kier alpha value is -0.120. The molecule has 0 aromatic carbocycles. The highest BCUT2D eigenvalue weighted by Crippen LogP contribution is 2.26. The van der Waals surface area contributed by atoms with Gasteiger partial charge in [0.05, 0.1) is 12.7 Å². The van der Waals surface area contributed by atoms with Crippen molar-refractivity contribution in [3.05, 3.63) is 0 Å². The van der Waals surface area contributed by atoms with Crippen LogP contribution in [0.2, 0.25) is 0 Å². The Morgan fingerprint density at radius 2 is 2.18 bits per heavy atom. The second-order valence-electron chi connectivity index (χ2n) is 6.24. The van der Waals surface area contributed by atoms with Crippen molar-refractivity contribution in [1.29, 1.82) is 0 Å². The summed E-state index contributed by atoms with van der Waals surface area (Å²) in [4.78, 5) is 2.58. The molecule has 100 valence electrons. The Labute approximate surface area is 106 Å². The first-order valence-corrected chi connectivity index (χ1v) is 7.19. The van der Waals surface area contributed by atoms with Crippen molar-refractivity contribution >= 4 is 0 Å². The molecule has 2 rings (SSSR count). The lowest BCUT2D eigenvalue weighted by Gasteiger charge is -2.38. The number of morpholine rings is 1. The molecule has 17 heavy (non-hydrogen) atoms. The molecule has 1 saturated carbocycles. The van der Waals surface area contributed by atoms with Crippen LogP contribution in [0.15, 0.2) is 0 Å². The molecule has 0 aromatic heterocycles. The minimum atomic E-state index is 0.404. The number of hydrogen-bond acceptors (Lipinski definition) is 3. The van der Waals surface area contributed by atoms with Gasteiger partial charge in [-0.3, -0.25) is 4.90 Å². The first kappa shape index (κ1) is 13.3. The van der Waals surface area contributed by atoms with E-state index in [9.17, 15) is 0 Å². The fraction of sp³-hybridized carbons (Fsp3) is 1.00. The Morgan fingerprint density at radius 1 is 1.41 bits per heavy atom. The third-order valence-electron chi connectivity index (χ3n) is 4.18. The van der Waals surface area contributed by atoms with Crippen molar-refractivity contribution in [1.82, 2.24) is 10.2 Å². The minimum Gasteiger partial charge on any atom is -0.376 e. The van der Waals surface area contributed by atoms with Gasteiger partial charge in [0.2, 0.25) is 0 Å². The van der Waals surface area contributed by atoms with Crippen LogP contribution >= 0.6 is 0 Å². The Kier molecular flexibility index (Phi) is 4.45. The highest BCUT2D eigenvalue weighted by Gasteiger charge is 2.30. The van der Waals surface area contributed by atoms with E-state index in [1.54, 1.807) is 0 Å². The molecule has 0 aromatic rings. The molecule has 2 aliphatic rings. The molecule has 1 heterocycles. The zero-order valence-electron chi connectivity index (χ0n) is 11.7. The number of nitrogens with zero attached hydrogens (tertiary/aromatic N) is 1. The van der Waals surface area contributed by atoms with Gasteiger partial charge >= 0.3 is 0 Å². The van der Waals surface area contributed by atoms with Crippen molar-refractivity contribution in [2.45, 2.75) is 52.2 Å². The van der Waals surface area contributed by atoms with Crippen molar-refractivity contribution in [2.24, 2.45) is 5.41 Å². The SMILES string of the molecule is CCC(C)(CNC1CC1)CN1CCOC(C)C1. The Balaban J connectivity index is 1.79. The maximum absolute atomic E-state index is 5.61. The molecule has 1 aliphatic carbocycles. The lowest BCUT2D eigenvalue weighted by atomic mass is 9.86. The molecule has 0 amide bonds. The van der Waals surface area contributed by atoms with E-state index in [0.717, 1.165) is 25.7 Å². The first-order chi connectivity index (χ1) is 8.11. The van der Waals surface area contributed by atoms with Gasteiger partial charge in [-0.05, 0) is 31.6 Å².